The molecule has 0 fully saturated rings. The highest BCUT2D eigenvalue weighted by Gasteiger charge is 2.19. The number of carbonyl (C=O) groups excluding carboxylic acids is 2. The summed E-state index contributed by atoms with van der Waals surface area (Å²) in [5.41, 5.74) is 3.32. The minimum Gasteiger partial charge on any atom is -0.326 e. The number of para-hydroxylation sites is 1. The third-order valence-electron chi connectivity index (χ3n) is 3.81. The second kappa shape index (κ2) is 8.37. The van der Waals surface area contributed by atoms with Crippen molar-refractivity contribution in [1.82, 2.24) is 0 Å². The van der Waals surface area contributed by atoms with Gasteiger partial charge in [-0.05, 0) is 37.6 Å². The molecule has 0 aliphatic rings. The summed E-state index contributed by atoms with van der Waals surface area (Å²) < 4.78 is 0. The molecule has 6 heteroatoms. The van der Waals surface area contributed by atoms with Crippen molar-refractivity contribution in [1.29, 1.82) is 0 Å². The number of benzene rings is 2. The van der Waals surface area contributed by atoms with E-state index in [9.17, 15) is 9.59 Å². The molecule has 0 aromatic heterocycles. The van der Waals surface area contributed by atoms with E-state index in [-0.39, 0.29) is 24.8 Å². The Hall–Kier alpha value is -2.04. The molecular weight excluding hydrogens is 359 g/mol. The van der Waals surface area contributed by atoms with E-state index in [2.05, 4.69) is 5.32 Å². The summed E-state index contributed by atoms with van der Waals surface area (Å²) in [6.45, 7) is 5.54. The topological polar surface area (TPSA) is 49.4 Å². The van der Waals surface area contributed by atoms with Gasteiger partial charge in [-0.3, -0.25) is 9.59 Å². The molecule has 25 heavy (non-hydrogen) atoms. The Morgan fingerprint density at radius 1 is 1.08 bits per heavy atom. The van der Waals surface area contributed by atoms with Gasteiger partial charge < -0.3 is 10.2 Å². The summed E-state index contributed by atoms with van der Waals surface area (Å²) in [5.74, 6) is -0.407. The highest BCUT2D eigenvalue weighted by atomic mass is 35.5. The second-order valence-electron chi connectivity index (χ2n) is 5.86. The van der Waals surface area contributed by atoms with E-state index in [0.717, 1.165) is 16.8 Å². The smallest absolute Gasteiger partial charge is 0.226 e. The second-order valence-corrected chi connectivity index (χ2v) is 6.67. The molecule has 2 rings (SSSR count). The molecule has 2 aromatic carbocycles. The Labute approximate surface area is 157 Å². The number of carbonyl (C=O) groups is 2. The van der Waals surface area contributed by atoms with Crippen molar-refractivity contribution in [2.45, 2.75) is 27.2 Å². The van der Waals surface area contributed by atoms with Gasteiger partial charge in [-0.25, -0.2) is 0 Å². The molecule has 0 spiro atoms. The zero-order valence-electron chi connectivity index (χ0n) is 14.4. The minimum absolute atomic E-state index is 0.133. The fourth-order valence-electron chi connectivity index (χ4n) is 2.55. The Balaban J connectivity index is 2.09. The van der Waals surface area contributed by atoms with E-state index in [1.54, 1.807) is 18.2 Å². The lowest BCUT2D eigenvalue weighted by Gasteiger charge is -2.23. The number of amides is 2. The summed E-state index contributed by atoms with van der Waals surface area (Å²) in [4.78, 5) is 25.7. The van der Waals surface area contributed by atoms with Gasteiger partial charge in [0.15, 0.2) is 0 Å². The van der Waals surface area contributed by atoms with Crippen molar-refractivity contribution in [3.05, 3.63) is 57.6 Å². The van der Waals surface area contributed by atoms with Gasteiger partial charge >= 0.3 is 0 Å². The molecule has 0 radical (unpaired) electrons. The van der Waals surface area contributed by atoms with Crippen LogP contribution in [0.1, 0.15) is 24.5 Å². The van der Waals surface area contributed by atoms with Crippen LogP contribution in [0.5, 0.6) is 0 Å². The van der Waals surface area contributed by atoms with Gasteiger partial charge in [0.05, 0.1) is 15.7 Å². The molecule has 0 saturated carbocycles. The van der Waals surface area contributed by atoms with Crippen LogP contribution in [0, 0.1) is 13.8 Å². The van der Waals surface area contributed by atoms with E-state index in [0.29, 0.717) is 15.7 Å². The number of halogens is 2. The monoisotopic (exact) mass is 378 g/mol. The van der Waals surface area contributed by atoms with Crippen LogP contribution < -0.4 is 10.2 Å². The lowest BCUT2D eigenvalue weighted by atomic mass is 10.1. The van der Waals surface area contributed by atoms with Crippen LogP contribution in [-0.2, 0) is 9.59 Å². The Morgan fingerprint density at radius 2 is 1.72 bits per heavy atom. The molecule has 132 valence electrons. The van der Waals surface area contributed by atoms with Crippen molar-refractivity contribution < 1.29 is 9.59 Å². The Bertz CT molecular complexity index is 786. The van der Waals surface area contributed by atoms with E-state index < -0.39 is 0 Å². The minimum atomic E-state index is -0.227. The van der Waals surface area contributed by atoms with Crippen LogP contribution in [0.2, 0.25) is 10.0 Å². The van der Waals surface area contributed by atoms with Gasteiger partial charge in [-0.1, -0.05) is 47.0 Å². The zero-order chi connectivity index (χ0) is 18.6. The maximum atomic E-state index is 12.3. The number of hydrogen-bond acceptors (Lipinski definition) is 2. The Morgan fingerprint density at radius 3 is 2.28 bits per heavy atom. The van der Waals surface area contributed by atoms with Crippen LogP contribution in [-0.4, -0.2) is 18.4 Å². The SMILES string of the molecule is CC(=O)N(CCC(=O)Nc1ccc(C)cc1C)c1c(Cl)cccc1Cl. The highest BCUT2D eigenvalue weighted by Crippen LogP contribution is 2.33. The van der Waals surface area contributed by atoms with Crippen LogP contribution >= 0.6 is 23.2 Å². The average Bonchev–Trinajstić information content (AvgIpc) is 2.52. The van der Waals surface area contributed by atoms with Crippen molar-refractivity contribution >= 4 is 46.4 Å². The van der Waals surface area contributed by atoms with Crippen molar-refractivity contribution in [2.75, 3.05) is 16.8 Å². The molecule has 4 nitrogen and oxygen atoms in total. The van der Waals surface area contributed by atoms with E-state index in [4.69, 9.17) is 23.2 Å². The number of aryl methyl sites for hydroxylation is 2. The molecule has 2 amide bonds. The van der Waals surface area contributed by atoms with Crippen LogP contribution in [0.4, 0.5) is 11.4 Å². The summed E-state index contributed by atoms with van der Waals surface area (Å²) in [7, 11) is 0. The predicted molar refractivity (Wildman–Crippen MR) is 104 cm³/mol. The quantitative estimate of drug-likeness (QED) is 0.796. The molecule has 0 saturated heterocycles. The van der Waals surface area contributed by atoms with E-state index >= 15 is 0 Å². The van der Waals surface area contributed by atoms with Gasteiger partial charge in [0.25, 0.3) is 0 Å². The third-order valence-corrected chi connectivity index (χ3v) is 4.42. The molecular formula is C19H20Cl2N2O2. The third kappa shape index (κ3) is 4.97. The van der Waals surface area contributed by atoms with Gasteiger partial charge in [0.1, 0.15) is 0 Å². The fourth-order valence-corrected chi connectivity index (χ4v) is 3.15. The largest absolute Gasteiger partial charge is 0.326 e. The number of nitrogens with zero attached hydrogens (tertiary/aromatic N) is 1. The number of hydrogen-bond donors (Lipinski definition) is 1. The first kappa shape index (κ1) is 19.3. The van der Waals surface area contributed by atoms with Crippen LogP contribution in [0.3, 0.4) is 0 Å². The normalized spacial score (nSPS) is 10.4. The standard InChI is InChI=1S/C19H20Cl2N2O2/c1-12-7-8-17(13(2)11-12)22-18(25)9-10-23(14(3)24)19-15(20)5-4-6-16(19)21/h4-8,11H,9-10H2,1-3H3,(H,22,25). The number of nitrogens with one attached hydrogen (secondary N) is 1. The lowest BCUT2D eigenvalue weighted by molar-refractivity contribution is -0.117. The Kier molecular flexibility index (Phi) is 6.45. The fraction of sp³-hybridized carbons (Fsp3) is 0.263. The van der Waals surface area contributed by atoms with Crippen LogP contribution in [0.25, 0.3) is 0 Å². The summed E-state index contributed by atoms with van der Waals surface area (Å²) >= 11 is 12.3. The molecule has 0 aliphatic heterocycles. The molecule has 0 heterocycles. The zero-order valence-corrected chi connectivity index (χ0v) is 15.9. The summed E-state index contributed by atoms with van der Waals surface area (Å²) in [6, 6.07) is 10.8. The maximum Gasteiger partial charge on any atom is 0.226 e. The first-order valence-corrected chi connectivity index (χ1v) is 8.64. The molecule has 0 atom stereocenters. The van der Waals surface area contributed by atoms with Gasteiger partial charge in [-0.2, -0.15) is 0 Å². The van der Waals surface area contributed by atoms with Crippen LogP contribution in [0.15, 0.2) is 36.4 Å². The van der Waals surface area contributed by atoms with Crippen molar-refractivity contribution in [3.8, 4) is 0 Å². The molecule has 0 bridgehead atoms. The van der Waals surface area contributed by atoms with Gasteiger partial charge in [-0.15, -0.1) is 0 Å². The molecule has 1 N–H and O–H groups in total. The summed E-state index contributed by atoms with van der Waals surface area (Å²) in [5, 5.41) is 3.61. The van der Waals surface area contributed by atoms with Gasteiger partial charge in [0.2, 0.25) is 11.8 Å². The van der Waals surface area contributed by atoms with Crippen molar-refractivity contribution in [2.24, 2.45) is 0 Å². The summed E-state index contributed by atoms with van der Waals surface area (Å²) in [6.07, 6.45) is 0.133. The molecule has 0 unspecified atom stereocenters. The van der Waals surface area contributed by atoms with E-state index in [1.165, 1.54) is 11.8 Å². The van der Waals surface area contributed by atoms with E-state index in [1.807, 2.05) is 32.0 Å². The first-order valence-electron chi connectivity index (χ1n) is 7.89. The van der Waals surface area contributed by atoms with Gasteiger partial charge in [0, 0.05) is 25.6 Å². The molecule has 0 aliphatic carbocycles. The maximum absolute atomic E-state index is 12.3. The predicted octanol–water partition coefficient (Wildman–Crippen LogP) is 4.99. The number of anilines is 2. The first-order chi connectivity index (χ1) is 11.8. The number of rotatable bonds is 5. The average molecular weight is 379 g/mol. The highest BCUT2D eigenvalue weighted by molar-refractivity contribution is 6.39. The van der Waals surface area contributed by atoms with Crippen molar-refractivity contribution in [3.63, 3.8) is 0 Å². The molecule has 2 aromatic rings. The lowest BCUT2D eigenvalue weighted by Crippen LogP contribution is -2.32.